The number of benzene rings is 2. The lowest BCUT2D eigenvalue weighted by Crippen LogP contribution is -2.25. The van der Waals surface area contributed by atoms with Gasteiger partial charge in [0, 0.05) is 3.57 Å². The molecule has 1 N–H and O–H groups in total. The van der Waals surface area contributed by atoms with Gasteiger partial charge in [-0.05, 0) is 65.4 Å². The SMILES string of the molecule is CC(/C=C\c1ccccc1)=NNC(=O)COc1ccc(I)cc1. The number of hydrazone groups is 1. The number of hydrogen-bond acceptors (Lipinski definition) is 3. The molecule has 0 atom stereocenters. The van der Waals surface area contributed by atoms with E-state index in [4.69, 9.17) is 4.74 Å². The van der Waals surface area contributed by atoms with Gasteiger partial charge < -0.3 is 4.74 Å². The van der Waals surface area contributed by atoms with Crippen molar-refractivity contribution in [1.29, 1.82) is 0 Å². The summed E-state index contributed by atoms with van der Waals surface area (Å²) in [6.07, 6.45) is 3.78. The molecule has 118 valence electrons. The van der Waals surface area contributed by atoms with Crippen molar-refractivity contribution in [1.82, 2.24) is 5.43 Å². The second-order valence-corrected chi connectivity index (χ2v) is 6.02. The number of carbonyl (C=O) groups is 1. The summed E-state index contributed by atoms with van der Waals surface area (Å²) in [5, 5.41) is 4.01. The zero-order chi connectivity index (χ0) is 16.5. The molecular weight excluding hydrogens is 403 g/mol. The number of carbonyl (C=O) groups excluding carboxylic acids is 1. The monoisotopic (exact) mass is 420 g/mol. The molecule has 2 rings (SSSR count). The van der Waals surface area contributed by atoms with Gasteiger partial charge in [0.1, 0.15) is 5.75 Å². The zero-order valence-electron chi connectivity index (χ0n) is 12.7. The molecule has 0 heterocycles. The number of hydrogen-bond donors (Lipinski definition) is 1. The second-order valence-electron chi connectivity index (χ2n) is 4.77. The van der Waals surface area contributed by atoms with Crippen molar-refractivity contribution < 1.29 is 9.53 Å². The van der Waals surface area contributed by atoms with Crippen molar-refractivity contribution in [2.75, 3.05) is 6.61 Å². The van der Waals surface area contributed by atoms with Gasteiger partial charge in [0.2, 0.25) is 0 Å². The molecule has 0 aliphatic heterocycles. The van der Waals surface area contributed by atoms with Crippen LogP contribution < -0.4 is 10.2 Å². The first-order valence-corrected chi connectivity index (χ1v) is 8.16. The third kappa shape index (κ3) is 6.65. The number of nitrogens with one attached hydrogen (secondary N) is 1. The summed E-state index contributed by atoms with van der Waals surface area (Å²) in [5.74, 6) is 0.362. The normalized spacial score (nSPS) is 11.5. The highest BCUT2D eigenvalue weighted by atomic mass is 127. The van der Waals surface area contributed by atoms with E-state index in [1.54, 1.807) is 0 Å². The summed E-state index contributed by atoms with van der Waals surface area (Å²) >= 11 is 2.21. The lowest BCUT2D eigenvalue weighted by atomic mass is 10.2. The highest BCUT2D eigenvalue weighted by Crippen LogP contribution is 2.13. The molecule has 0 bridgehead atoms. The van der Waals surface area contributed by atoms with E-state index in [-0.39, 0.29) is 12.5 Å². The molecule has 23 heavy (non-hydrogen) atoms. The van der Waals surface area contributed by atoms with Crippen molar-refractivity contribution in [3.8, 4) is 5.75 Å². The first-order valence-electron chi connectivity index (χ1n) is 7.08. The van der Waals surface area contributed by atoms with E-state index in [0.717, 1.165) is 9.13 Å². The molecule has 4 nitrogen and oxygen atoms in total. The van der Waals surface area contributed by atoms with E-state index >= 15 is 0 Å². The van der Waals surface area contributed by atoms with Gasteiger partial charge in [-0.15, -0.1) is 0 Å². The molecule has 0 spiro atoms. The average Bonchev–Trinajstić information content (AvgIpc) is 2.58. The Morgan fingerprint density at radius 2 is 1.87 bits per heavy atom. The van der Waals surface area contributed by atoms with Crippen molar-refractivity contribution in [2.45, 2.75) is 6.92 Å². The molecule has 0 saturated carbocycles. The lowest BCUT2D eigenvalue weighted by molar-refractivity contribution is -0.123. The standard InChI is InChI=1S/C18H17IN2O2/c1-14(7-8-15-5-3-2-4-6-15)20-21-18(22)13-23-17-11-9-16(19)10-12-17/h2-12H,13H2,1H3,(H,21,22)/b8-7-,20-14?. The first-order chi connectivity index (χ1) is 11.1. The molecule has 2 aromatic rings. The predicted molar refractivity (Wildman–Crippen MR) is 101 cm³/mol. The van der Waals surface area contributed by atoms with E-state index in [0.29, 0.717) is 11.5 Å². The maximum atomic E-state index is 11.7. The molecule has 0 aliphatic rings. The number of rotatable bonds is 6. The van der Waals surface area contributed by atoms with Crippen LogP contribution in [0.25, 0.3) is 6.08 Å². The van der Waals surface area contributed by atoms with Gasteiger partial charge in [0.15, 0.2) is 6.61 Å². The molecule has 1 amide bonds. The van der Waals surface area contributed by atoms with Crippen LogP contribution in [0.1, 0.15) is 12.5 Å². The third-order valence-electron chi connectivity index (χ3n) is 2.86. The molecule has 0 fully saturated rings. The Morgan fingerprint density at radius 3 is 2.57 bits per heavy atom. The van der Waals surface area contributed by atoms with Crippen molar-refractivity contribution in [2.24, 2.45) is 5.10 Å². The van der Waals surface area contributed by atoms with E-state index in [9.17, 15) is 4.79 Å². The van der Waals surface area contributed by atoms with Crippen LogP contribution in [0.2, 0.25) is 0 Å². The van der Waals surface area contributed by atoms with Crippen LogP contribution in [-0.4, -0.2) is 18.2 Å². The van der Waals surface area contributed by atoms with Crippen LogP contribution in [0.3, 0.4) is 0 Å². The summed E-state index contributed by atoms with van der Waals surface area (Å²) in [4.78, 5) is 11.7. The van der Waals surface area contributed by atoms with Crippen molar-refractivity contribution >= 4 is 40.3 Å². The maximum Gasteiger partial charge on any atom is 0.277 e. The topological polar surface area (TPSA) is 50.7 Å². The molecule has 0 aliphatic carbocycles. The highest BCUT2D eigenvalue weighted by Gasteiger charge is 2.01. The van der Waals surface area contributed by atoms with Gasteiger partial charge in [0.25, 0.3) is 5.91 Å². The van der Waals surface area contributed by atoms with Gasteiger partial charge in [-0.25, -0.2) is 5.43 Å². The molecular formula is C18H17IN2O2. The Kier molecular flexibility index (Phi) is 6.80. The van der Waals surface area contributed by atoms with Gasteiger partial charge in [-0.1, -0.05) is 36.4 Å². The van der Waals surface area contributed by atoms with Gasteiger partial charge >= 0.3 is 0 Å². The Bertz CT molecular complexity index is 695. The average molecular weight is 420 g/mol. The number of allylic oxidation sites excluding steroid dienone is 1. The fourth-order valence-electron chi connectivity index (χ4n) is 1.68. The van der Waals surface area contributed by atoms with Crippen LogP contribution in [0, 0.1) is 3.57 Å². The van der Waals surface area contributed by atoms with Crippen LogP contribution in [0.5, 0.6) is 5.75 Å². The Balaban J connectivity index is 1.78. The Hall–Kier alpha value is -2.15. The van der Waals surface area contributed by atoms with Gasteiger partial charge in [-0.2, -0.15) is 5.10 Å². The fraction of sp³-hybridized carbons (Fsp3) is 0.111. The van der Waals surface area contributed by atoms with E-state index in [1.807, 2.05) is 73.7 Å². The molecule has 5 heteroatoms. The molecule has 0 aromatic heterocycles. The van der Waals surface area contributed by atoms with Crippen LogP contribution in [-0.2, 0) is 4.79 Å². The Labute approximate surface area is 149 Å². The maximum absolute atomic E-state index is 11.7. The number of nitrogens with zero attached hydrogens (tertiary/aromatic N) is 1. The number of amides is 1. The summed E-state index contributed by atoms with van der Waals surface area (Å²) in [5.41, 5.74) is 4.26. The first kappa shape index (κ1) is 17.2. The third-order valence-corrected chi connectivity index (χ3v) is 3.58. The fourth-order valence-corrected chi connectivity index (χ4v) is 2.04. The van der Waals surface area contributed by atoms with Gasteiger partial charge in [0.05, 0.1) is 5.71 Å². The molecule has 0 unspecified atom stereocenters. The second kappa shape index (κ2) is 9.09. The lowest BCUT2D eigenvalue weighted by Gasteiger charge is -2.05. The quantitative estimate of drug-likeness (QED) is 0.438. The van der Waals surface area contributed by atoms with E-state index in [2.05, 4.69) is 33.1 Å². The largest absolute Gasteiger partial charge is 0.484 e. The minimum Gasteiger partial charge on any atom is -0.484 e. The summed E-state index contributed by atoms with van der Waals surface area (Å²) in [6.45, 7) is 1.75. The molecule has 0 saturated heterocycles. The molecule has 0 radical (unpaired) electrons. The summed E-state index contributed by atoms with van der Waals surface area (Å²) in [6, 6.07) is 17.4. The summed E-state index contributed by atoms with van der Waals surface area (Å²) < 4.78 is 6.50. The smallest absolute Gasteiger partial charge is 0.277 e. The number of ether oxygens (including phenoxy) is 1. The van der Waals surface area contributed by atoms with Crippen LogP contribution >= 0.6 is 22.6 Å². The Morgan fingerprint density at radius 1 is 1.17 bits per heavy atom. The van der Waals surface area contributed by atoms with Crippen molar-refractivity contribution in [3.05, 3.63) is 69.8 Å². The summed E-state index contributed by atoms with van der Waals surface area (Å²) in [7, 11) is 0. The van der Waals surface area contributed by atoms with Crippen molar-refractivity contribution in [3.63, 3.8) is 0 Å². The van der Waals surface area contributed by atoms with Crippen LogP contribution in [0.15, 0.2) is 65.8 Å². The molecule has 2 aromatic carbocycles. The predicted octanol–water partition coefficient (Wildman–Crippen LogP) is 3.88. The van der Waals surface area contributed by atoms with E-state index < -0.39 is 0 Å². The van der Waals surface area contributed by atoms with Gasteiger partial charge in [-0.3, -0.25) is 4.79 Å². The highest BCUT2D eigenvalue weighted by molar-refractivity contribution is 14.1. The zero-order valence-corrected chi connectivity index (χ0v) is 14.9. The minimum atomic E-state index is -0.295. The van der Waals surface area contributed by atoms with Crippen LogP contribution in [0.4, 0.5) is 0 Å². The van der Waals surface area contributed by atoms with E-state index in [1.165, 1.54) is 0 Å². The number of halogens is 1. The minimum absolute atomic E-state index is 0.0697.